The summed E-state index contributed by atoms with van der Waals surface area (Å²) in [5, 5.41) is 12.2. The van der Waals surface area contributed by atoms with Gasteiger partial charge in [0.2, 0.25) is 5.78 Å². The van der Waals surface area contributed by atoms with Gasteiger partial charge in [-0.1, -0.05) is 12.1 Å². The van der Waals surface area contributed by atoms with Crippen LogP contribution >= 0.6 is 15.9 Å². The molecule has 7 nitrogen and oxygen atoms in total. The number of likely N-dealkylation sites (tertiary alicyclic amines) is 1. The van der Waals surface area contributed by atoms with Crippen LogP contribution in [0, 0.1) is 17.6 Å². The van der Waals surface area contributed by atoms with Crippen molar-refractivity contribution < 1.29 is 23.6 Å². The minimum absolute atomic E-state index is 0.197. The van der Waals surface area contributed by atoms with Crippen molar-refractivity contribution in [2.75, 3.05) is 19.6 Å². The van der Waals surface area contributed by atoms with E-state index in [1.165, 1.54) is 30.3 Å². The second-order valence-corrected chi connectivity index (χ2v) is 8.26. The Morgan fingerprint density at radius 1 is 1.12 bits per heavy atom. The van der Waals surface area contributed by atoms with E-state index in [9.17, 15) is 23.6 Å². The van der Waals surface area contributed by atoms with Gasteiger partial charge in [0.15, 0.2) is 5.84 Å². The van der Waals surface area contributed by atoms with Crippen molar-refractivity contribution in [3.05, 3.63) is 64.1 Å². The first-order chi connectivity index (χ1) is 15.4. The van der Waals surface area contributed by atoms with Crippen LogP contribution in [-0.4, -0.2) is 47.4 Å². The summed E-state index contributed by atoms with van der Waals surface area (Å²) in [7, 11) is 0. The van der Waals surface area contributed by atoms with E-state index >= 15 is 0 Å². The molecule has 2 aromatic rings. The highest BCUT2D eigenvalue weighted by atomic mass is 79.9. The first-order valence-corrected chi connectivity index (χ1v) is 10.9. The number of urea groups is 1. The first-order valence-electron chi connectivity index (χ1n) is 10.1. The average Bonchev–Trinajstić information content (AvgIpc) is 2.80. The molecule has 0 aliphatic carbocycles. The Kier molecular flexibility index (Phi) is 8.29. The number of carbonyl (C=O) groups is 2. The lowest BCUT2D eigenvalue weighted by Gasteiger charge is -2.31. The third kappa shape index (κ3) is 6.33. The smallest absolute Gasteiger partial charge is 0.317 e. The topological polar surface area (TPSA) is 94.0 Å². The van der Waals surface area contributed by atoms with Crippen LogP contribution in [-0.2, 0) is 11.2 Å². The van der Waals surface area contributed by atoms with E-state index in [4.69, 9.17) is 0 Å². The molecule has 2 aromatic carbocycles. The molecule has 0 aromatic heterocycles. The summed E-state index contributed by atoms with van der Waals surface area (Å²) in [5.74, 6) is -1.77. The number of hydrogen-bond acceptors (Lipinski definition) is 4. The highest BCUT2D eigenvalue weighted by molar-refractivity contribution is 9.10. The summed E-state index contributed by atoms with van der Waals surface area (Å²) >= 11 is 3.06. The number of amidine groups is 1. The van der Waals surface area contributed by atoms with Gasteiger partial charge in [-0.15, -0.1) is 0 Å². The molecule has 170 valence electrons. The SMILES string of the molecule is O=C(C(=Nc1ccc(F)c(Br)c1)NO)C1CCN(C(=O)NCCc2ccc(F)cc2)CC1. The van der Waals surface area contributed by atoms with E-state index in [1.54, 1.807) is 17.0 Å². The molecule has 0 radical (unpaired) electrons. The molecule has 3 rings (SSSR count). The molecule has 0 saturated carbocycles. The fourth-order valence-electron chi connectivity index (χ4n) is 3.43. The summed E-state index contributed by atoms with van der Waals surface area (Å²) < 4.78 is 26.5. The number of hydrogen-bond donors (Lipinski definition) is 3. The number of benzene rings is 2. The van der Waals surface area contributed by atoms with Gasteiger partial charge in [0.05, 0.1) is 10.2 Å². The number of carbonyl (C=O) groups excluding carboxylic acids is 2. The second kappa shape index (κ2) is 11.1. The quantitative estimate of drug-likeness (QED) is 0.312. The zero-order valence-electron chi connectivity index (χ0n) is 17.2. The summed E-state index contributed by atoms with van der Waals surface area (Å²) in [6.45, 7) is 1.20. The highest BCUT2D eigenvalue weighted by Gasteiger charge is 2.30. The van der Waals surface area contributed by atoms with Crippen LogP contribution < -0.4 is 10.8 Å². The van der Waals surface area contributed by atoms with Gasteiger partial charge >= 0.3 is 6.03 Å². The molecule has 10 heteroatoms. The van der Waals surface area contributed by atoms with E-state index in [0.717, 1.165) is 5.56 Å². The molecule has 32 heavy (non-hydrogen) atoms. The van der Waals surface area contributed by atoms with Crippen molar-refractivity contribution in [1.82, 2.24) is 15.7 Å². The van der Waals surface area contributed by atoms with Crippen molar-refractivity contribution >= 4 is 39.3 Å². The van der Waals surface area contributed by atoms with E-state index < -0.39 is 11.7 Å². The van der Waals surface area contributed by atoms with Crippen LogP contribution in [0.1, 0.15) is 18.4 Å². The van der Waals surface area contributed by atoms with Gasteiger partial charge < -0.3 is 10.2 Å². The number of piperidine rings is 1. The van der Waals surface area contributed by atoms with Crippen LogP contribution in [0.15, 0.2) is 51.9 Å². The maximum Gasteiger partial charge on any atom is 0.317 e. The van der Waals surface area contributed by atoms with Gasteiger partial charge in [0.25, 0.3) is 0 Å². The number of nitrogens with one attached hydrogen (secondary N) is 2. The summed E-state index contributed by atoms with van der Waals surface area (Å²) in [4.78, 5) is 30.8. The Hall–Kier alpha value is -2.85. The van der Waals surface area contributed by atoms with Crippen LogP contribution in [0.5, 0.6) is 0 Å². The molecular weight excluding hydrogens is 486 g/mol. The van der Waals surface area contributed by atoms with Crippen LogP contribution in [0.3, 0.4) is 0 Å². The number of hydroxylamine groups is 1. The predicted molar refractivity (Wildman–Crippen MR) is 119 cm³/mol. The third-order valence-electron chi connectivity index (χ3n) is 5.24. The molecule has 1 aliphatic heterocycles. The van der Waals surface area contributed by atoms with Gasteiger partial charge in [-0.2, -0.15) is 0 Å². The minimum atomic E-state index is -0.461. The van der Waals surface area contributed by atoms with Gasteiger partial charge in [-0.25, -0.2) is 24.0 Å². The largest absolute Gasteiger partial charge is 0.338 e. The summed E-state index contributed by atoms with van der Waals surface area (Å²) in [6.07, 6.45) is 1.44. The predicted octanol–water partition coefficient (Wildman–Crippen LogP) is 3.97. The van der Waals surface area contributed by atoms with Gasteiger partial charge in [0, 0.05) is 25.6 Å². The van der Waals surface area contributed by atoms with E-state index in [0.29, 0.717) is 44.6 Å². The lowest BCUT2D eigenvalue weighted by molar-refractivity contribution is -0.118. The zero-order chi connectivity index (χ0) is 23.1. The monoisotopic (exact) mass is 508 g/mol. The van der Waals surface area contributed by atoms with Crippen molar-refractivity contribution in [2.45, 2.75) is 19.3 Å². The Bertz CT molecular complexity index is 993. The summed E-state index contributed by atoms with van der Waals surface area (Å²) in [6, 6.07) is 9.90. The Morgan fingerprint density at radius 3 is 2.44 bits per heavy atom. The summed E-state index contributed by atoms with van der Waals surface area (Å²) in [5.41, 5.74) is 3.07. The van der Waals surface area contributed by atoms with Gasteiger partial charge in [-0.3, -0.25) is 10.0 Å². The average molecular weight is 509 g/mol. The van der Waals surface area contributed by atoms with Crippen LogP contribution in [0.25, 0.3) is 0 Å². The third-order valence-corrected chi connectivity index (χ3v) is 5.85. The van der Waals surface area contributed by atoms with Gasteiger partial charge in [-0.05, 0) is 71.1 Å². The number of aliphatic imine (C=N–C) groups is 1. The van der Waals surface area contributed by atoms with Crippen molar-refractivity contribution in [3.8, 4) is 0 Å². The number of rotatable bonds is 6. The van der Waals surface area contributed by atoms with Crippen LogP contribution in [0.2, 0.25) is 0 Å². The number of halogens is 3. The van der Waals surface area contributed by atoms with Crippen molar-refractivity contribution in [2.24, 2.45) is 10.9 Å². The normalized spacial score (nSPS) is 14.9. The fraction of sp³-hybridized carbons (Fsp3) is 0.318. The molecule has 0 unspecified atom stereocenters. The Labute approximate surface area is 192 Å². The standard InChI is InChI=1S/C22H23BrF2N4O3/c23-18-13-17(5-6-19(18)25)27-21(28-32)20(30)15-8-11-29(12-9-15)22(31)26-10-7-14-1-3-16(24)4-2-14/h1-6,13,15,32H,7-12H2,(H,26,31)(H,27,28). The molecule has 3 N–H and O–H groups in total. The zero-order valence-corrected chi connectivity index (χ0v) is 18.7. The van der Waals surface area contributed by atoms with E-state index in [-0.39, 0.29) is 27.9 Å². The molecular formula is C22H23BrF2N4O3. The van der Waals surface area contributed by atoms with E-state index in [1.807, 2.05) is 5.48 Å². The minimum Gasteiger partial charge on any atom is -0.338 e. The molecule has 0 atom stereocenters. The Morgan fingerprint density at radius 2 is 1.81 bits per heavy atom. The maximum absolute atomic E-state index is 13.4. The second-order valence-electron chi connectivity index (χ2n) is 7.40. The van der Waals surface area contributed by atoms with Crippen molar-refractivity contribution in [1.29, 1.82) is 0 Å². The number of nitrogens with zero attached hydrogens (tertiary/aromatic N) is 2. The number of amides is 2. The van der Waals surface area contributed by atoms with E-state index in [2.05, 4.69) is 26.2 Å². The fourth-order valence-corrected chi connectivity index (χ4v) is 3.80. The molecule has 1 heterocycles. The van der Waals surface area contributed by atoms with Gasteiger partial charge in [0.1, 0.15) is 11.6 Å². The number of Topliss-reactive ketones (excluding diaryl/α,β-unsaturated/α-hetero) is 1. The molecule has 0 bridgehead atoms. The maximum atomic E-state index is 13.4. The lowest BCUT2D eigenvalue weighted by atomic mass is 9.92. The highest BCUT2D eigenvalue weighted by Crippen LogP contribution is 2.23. The van der Waals surface area contributed by atoms with Crippen molar-refractivity contribution in [3.63, 3.8) is 0 Å². The lowest BCUT2D eigenvalue weighted by Crippen LogP contribution is -2.47. The molecule has 1 aliphatic rings. The first kappa shape index (κ1) is 23.8. The molecule has 0 spiro atoms. The number of ketones is 1. The Balaban J connectivity index is 1.49. The molecule has 1 fully saturated rings. The molecule has 1 saturated heterocycles. The van der Waals surface area contributed by atoms with Crippen LogP contribution in [0.4, 0.5) is 19.3 Å². The molecule has 2 amide bonds.